The fourth-order valence-electron chi connectivity index (χ4n) is 4.54. The zero-order valence-corrected chi connectivity index (χ0v) is 22.7. The first kappa shape index (κ1) is 28.8. The lowest BCUT2D eigenvalue weighted by Crippen LogP contribution is -2.71. The number of ether oxygens (including phenoxy) is 3. The Morgan fingerprint density at radius 2 is 1.68 bits per heavy atom. The van der Waals surface area contributed by atoms with Crippen LogP contribution in [0.2, 0.25) is 0 Å². The number of fused-ring (bicyclic) bond motifs is 1. The number of β-lactam (4-membered cyclic amide) rings is 1. The largest absolute Gasteiger partial charge is 0.484 e. The van der Waals surface area contributed by atoms with Crippen LogP contribution in [0.3, 0.4) is 0 Å². The van der Waals surface area contributed by atoms with E-state index in [2.05, 4.69) is 12.2 Å². The summed E-state index contributed by atoms with van der Waals surface area (Å²) in [6.45, 7) is 5.17. The quantitative estimate of drug-likeness (QED) is 0.157. The van der Waals surface area contributed by atoms with Crippen molar-refractivity contribution in [1.29, 1.82) is 0 Å². The van der Waals surface area contributed by atoms with Gasteiger partial charge in [0, 0.05) is 11.2 Å². The number of nitrogens with one attached hydrogen (secondary N) is 1. The number of esters is 2. The molecule has 2 saturated heterocycles. The van der Waals surface area contributed by atoms with E-state index in [0.717, 1.165) is 19.3 Å². The first-order chi connectivity index (χ1) is 17.7. The zero-order chi connectivity index (χ0) is 26.8. The Morgan fingerprint density at radius 3 is 2.38 bits per heavy atom. The average molecular weight is 535 g/mol. The van der Waals surface area contributed by atoms with Crippen molar-refractivity contribution in [2.24, 2.45) is 0 Å². The number of hydrogen-bond acceptors (Lipinski definition) is 8. The number of rotatable bonds is 15. The third-order valence-electron chi connectivity index (χ3n) is 6.50. The van der Waals surface area contributed by atoms with Crippen LogP contribution >= 0.6 is 11.8 Å². The lowest BCUT2D eigenvalue weighted by Gasteiger charge is -2.43. The van der Waals surface area contributed by atoms with Gasteiger partial charge in [0.2, 0.25) is 12.7 Å². The van der Waals surface area contributed by atoms with Gasteiger partial charge in [-0.25, -0.2) is 4.79 Å². The summed E-state index contributed by atoms with van der Waals surface area (Å²) < 4.78 is 15.1. The number of para-hydroxylation sites is 1. The fraction of sp³-hybridized carbons (Fsp3) is 0.630. The molecule has 2 aliphatic rings. The van der Waals surface area contributed by atoms with Crippen LogP contribution in [0.1, 0.15) is 72.1 Å². The maximum Gasteiger partial charge on any atom is 0.333 e. The molecule has 0 aromatic heterocycles. The molecule has 0 bridgehead atoms. The van der Waals surface area contributed by atoms with Gasteiger partial charge in [-0.1, -0.05) is 63.6 Å². The zero-order valence-electron chi connectivity index (χ0n) is 21.9. The first-order valence-electron chi connectivity index (χ1n) is 13.0. The summed E-state index contributed by atoms with van der Waals surface area (Å²) in [5, 5.41) is 2.32. The minimum absolute atomic E-state index is 0.218. The van der Waals surface area contributed by atoms with Gasteiger partial charge < -0.3 is 24.4 Å². The van der Waals surface area contributed by atoms with Crippen molar-refractivity contribution < 1.29 is 33.4 Å². The molecule has 2 fully saturated rings. The van der Waals surface area contributed by atoms with Crippen LogP contribution in [0.4, 0.5) is 0 Å². The maximum atomic E-state index is 12.8. The van der Waals surface area contributed by atoms with Gasteiger partial charge in [-0.3, -0.25) is 14.4 Å². The minimum Gasteiger partial charge on any atom is -0.484 e. The minimum atomic E-state index is -0.842. The number of carbonyl (C=O) groups excluding carboxylic acids is 4. The molecule has 0 unspecified atom stereocenters. The highest BCUT2D eigenvalue weighted by Crippen LogP contribution is 2.51. The van der Waals surface area contributed by atoms with E-state index in [1.54, 1.807) is 24.3 Å². The Labute approximate surface area is 223 Å². The summed E-state index contributed by atoms with van der Waals surface area (Å²) in [5.41, 5.74) is 0. The van der Waals surface area contributed by atoms with Crippen LogP contribution in [0.25, 0.3) is 0 Å². The van der Waals surface area contributed by atoms with Gasteiger partial charge in [-0.15, -0.1) is 11.8 Å². The van der Waals surface area contributed by atoms with Gasteiger partial charge in [-0.2, -0.15) is 0 Å². The van der Waals surface area contributed by atoms with E-state index in [1.165, 1.54) is 42.3 Å². The molecule has 0 radical (unpaired) electrons. The van der Waals surface area contributed by atoms with Gasteiger partial charge in [-0.05, 0) is 32.4 Å². The van der Waals surface area contributed by atoms with Crippen LogP contribution in [-0.4, -0.2) is 64.3 Å². The van der Waals surface area contributed by atoms with Gasteiger partial charge in [0.15, 0.2) is 6.61 Å². The van der Waals surface area contributed by atoms with Crippen molar-refractivity contribution >= 4 is 35.5 Å². The summed E-state index contributed by atoms with van der Waals surface area (Å²) in [6.07, 6.45) is 7.96. The van der Waals surface area contributed by atoms with Crippen LogP contribution in [0.15, 0.2) is 30.3 Å². The SMILES string of the molecule is CCCCCCCCCC(=O)OCOC(=O)[C@@H]1N2C(=O)[C@@H](NC(=O)COc3ccccc3)[C@H]2SC1(C)C. The van der Waals surface area contributed by atoms with Gasteiger partial charge in [0.25, 0.3) is 5.91 Å². The maximum absolute atomic E-state index is 12.8. The number of thioether (sulfide) groups is 1. The molecule has 204 valence electrons. The second-order valence-corrected chi connectivity index (χ2v) is 11.6. The predicted molar refractivity (Wildman–Crippen MR) is 140 cm³/mol. The lowest BCUT2D eigenvalue weighted by atomic mass is 9.96. The number of amides is 2. The monoisotopic (exact) mass is 534 g/mol. The van der Waals surface area contributed by atoms with Crippen LogP contribution in [-0.2, 0) is 28.7 Å². The van der Waals surface area contributed by atoms with Crippen LogP contribution in [0.5, 0.6) is 5.75 Å². The highest BCUT2D eigenvalue weighted by molar-refractivity contribution is 8.01. The standard InChI is InChI=1S/C27H38N2O7S/c1-4-5-6-7-8-9-13-16-21(31)35-18-36-26(33)23-27(2,3)37-25-22(24(32)29(23)25)28-20(30)17-34-19-14-11-10-12-15-19/h10-12,14-15,22-23,25H,4-9,13,16-18H2,1-3H3,(H,28,30)/t22-,23+,25-/m1/s1. The fourth-order valence-corrected chi connectivity index (χ4v) is 6.16. The molecule has 0 aliphatic carbocycles. The molecule has 0 saturated carbocycles. The van der Waals surface area contributed by atoms with Crippen molar-refractivity contribution in [3.8, 4) is 5.75 Å². The van der Waals surface area contributed by atoms with Crippen molar-refractivity contribution in [3.63, 3.8) is 0 Å². The number of unbranched alkanes of at least 4 members (excludes halogenated alkanes) is 6. The number of nitrogens with zero attached hydrogens (tertiary/aromatic N) is 1. The Bertz CT molecular complexity index is 940. The van der Waals surface area contributed by atoms with Crippen molar-refractivity contribution in [3.05, 3.63) is 30.3 Å². The Hall–Kier alpha value is -2.75. The summed E-state index contributed by atoms with van der Waals surface area (Å²) in [7, 11) is 0. The van der Waals surface area contributed by atoms with E-state index < -0.39 is 41.5 Å². The average Bonchev–Trinajstić information content (AvgIpc) is 3.13. The van der Waals surface area contributed by atoms with Crippen molar-refractivity contribution in [2.45, 2.75) is 94.3 Å². The molecule has 2 aliphatic heterocycles. The van der Waals surface area contributed by atoms with Crippen LogP contribution < -0.4 is 10.1 Å². The second kappa shape index (κ2) is 13.7. The van der Waals surface area contributed by atoms with Crippen molar-refractivity contribution in [1.82, 2.24) is 10.2 Å². The molecular weight excluding hydrogens is 496 g/mol. The molecule has 3 rings (SSSR count). The normalized spacial score (nSPS) is 21.5. The number of hydrogen-bond donors (Lipinski definition) is 1. The predicted octanol–water partition coefficient (Wildman–Crippen LogP) is 3.80. The summed E-state index contributed by atoms with van der Waals surface area (Å²) in [6, 6.07) is 7.34. The molecule has 2 heterocycles. The van der Waals surface area contributed by atoms with Crippen LogP contribution in [0, 0.1) is 0 Å². The number of carbonyl (C=O) groups is 4. The van der Waals surface area contributed by atoms with Gasteiger partial charge >= 0.3 is 11.9 Å². The summed E-state index contributed by atoms with van der Waals surface area (Å²) in [4.78, 5) is 51.4. The van der Waals surface area contributed by atoms with E-state index in [1.807, 2.05) is 19.9 Å². The molecule has 1 N–H and O–H groups in total. The molecule has 2 amide bonds. The van der Waals surface area contributed by atoms with E-state index >= 15 is 0 Å². The van der Waals surface area contributed by atoms with E-state index in [9.17, 15) is 19.2 Å². The third-order valence-corrected chi connectivity index (χ3v) is 8.07. The highest BCUT2D eigenvalue weighted by atomic mass is 32.2. The molecule has 3 atom stereocenters. The Balaban J connectivity index is 1.38. The molecule has 10 heteroatoms. The first-order valence-corrected chi connectivity index (χ1v) is 13.9. The second-order valence-electron chi connectivity index (χ2n) is 9.88. The molecular formula is C27H38N2O7S. The molecule has 1 aromatic carbocycles. The summed E-state index contributed by atoms with van der Waals surface area (Å²) in [5.74, 6) is -1.25. The van der Waals surface area contributed by atoms with Crippen molar-refractivity contribution in [2.75, 3.05) is 13.4 Å². The number of benzene rings is 1. The Kier molecular flexibility index (Phi) is 10.7. The Morgan fingerprint density at radius 1 is 1.00 bits per heavy atom. The van der Waals surface area contributed by atoms with E-state index in [0.29, 0.717) is 5.75 Å². The summed E-state index contributed by atoms with van der Waals surface area (Å²) >= 11 is 1.42. The highest BCUT2D eigenvalue weighted by Gasteiger charge is 2.64. The lowest BCUT2D eigenvalue weighted by molar-refractivity contribution is -0.176. The van der Waals surface area contributed by atoms with Gasteiger partial charge in [0.05, 0.1) is 0 Å². The molecule has 1 aromatic rings. The van der Waals surface area contributed by atoms with E-state index in [4.69, 9.17) is 14.2 Å². The third kappa shape index (κ3) is 7.87. The molecule has 37 heavy (non-hydrogen) atoms. The smallest absolute Gasteiger partial charge is 0.333 e. The topological polar surface area (TPSA) is 111 Å². The molecule has 0 spiro atoms. The van der Waals surface area contributed by atoms with E-state index in [-0.39, 0.29) is 24.3 Å². The van der Waals surface area contributed by atoms with Gasteiger partial charge in [0.1, 0.15) is 23.2 Å². The molecule has 9 nitrogen and oxygen atoms in total.